The zero-order valence-electron chi connectivity index (χ0n) is 13.7. The van der Waals surface area contributed by atoms with Crippen LogP contribution >= 0.6 is 0 Å². The van der Waals surface area contributed by atoms with Gasteiger partial charge in [-0.1, -0.05) is 23.4 Å². The molecule has 1 aromatic carbocycles. The second-order valence-electron chi connectivity index (χ2n) is 5.54. The Balaban J connectivity index is 1.76. The largest absolute Gasteiger partial charge is 0.464 e. The van der Waals surface area contributed by atoms with E-state index in [1.807, 2.05) is 24.3 Å². The third kappa shape index (κ3) is 2.73. The lowest BCUT2D eigenvalue weighted by atomic mass is 10.1. The molecule has 0 saturated heterocycles. The summed E-state index contributed by atoms with van der Waals surface area (Å²) in [4.78, 5) is 30.8. The van der Waals surface area contributed by atoms with Crippen LogP contribution in [-0.2, 0) is 4.74 Å². The maximum absolute atomic E-state index is 12.4. The zero-order valence-corrected chi connectivity index (χ0v) is 13.7. The molecule has 4 rings (SSSR count). The molecular formula is C18H13N5O3. The molecule has 0 amide bonds. The number of carbonyl (C=O) groups is 1. The number of aromatic nitrogens is 5. The normalized spacial score (nSPS) is 10.8. The number of aromatic amines is 1. The average Bonchev–Trinajstić information content (AvgIpc) is 3.17. The fraction of sp³-hybridized carbons (Fsp3) is 0.0556. The number of ether oxygens (including phenoxy) is 1. The van der Waals surface area contributed by atoms with Gasteiger partial charge in [0.2, 0.25) is 0 Å². The molecule has 0 bridgehead atoms. The number of esters is 1. The van der Waals surface area contributed by atoms with Crippen molar-refractivity contribution < 1.29 is 9.53 Å². The molecule has 0 saturated carbocycles. The van der Waals surface area contributed by atoms with Crippen LogP contribution in [0.3, 0.4) is 0 Å². The van der Waals surface area contributed by atoms with Crippen molar-refractivity contribution in [2.24, 2.45) is 0 Å². The van der Waals surface area contributed by atoms with Crippen LogP contribution in [0.5, 0.6) is 0 Å². The highest BCUT2D eigenvalue weighted by molar-refractivity contribution is 5.87. The maximum Gasteiger partial charge on any atom is 0.356 e. The zero-order chi connectivity index (χ0) is 18.1. The number of hydrogen-bond donors (Lipinski definition) is 1. The summed E-state index contributed by atoms with van der Waals surface area (Å²) in [6, 6.07) is 12.5. The summed E-state index contributed by atoms with van der Waals surface area (Å²) < 4.78 is 6.14. The minimum atomic E-state index is -0.543. The Labute approximate surface area is 147 Å². The molecule has 0 spiro atoms. The molecule has 8 nitrogen and oxygen atoms in total. The highest BCUT2D eigenvalue weighted by Gasteiger charge is 2.13. The average molecular weight is 347 g/mol. The van der Waals surface area contributed by atoms with Crippen molar-refractivity contribution in [3.05, 3.63) is 70.9 Å². The number of fused-ring (bicyclic) bond motifs is 1. The topological polar surface area (TPSA) is 103 Å². The van der Waals surface area contributed by atoms with Crippen molar-refractivity contribution in [1.82, 2.24) is 25.0 Å². The molecule has 8 heteroatoms. The molecule has 0 radical (unpaired) electrons. The first-order valence-electron chi connectivity index (χ1n) is 7.75. The number of carbonyl (C=O) groups excluding carboxylic acids is 1. The predicted molar refractivity (Wildman–Crippen MR) is 94.1 cm³/mol. The fourth-order valence-corrected chi connectivity index (χ4v) is 2.63. The van der Waals surface area contributed by atoms with E-state index in [2.05, 4.69) is 25.0 Å². The van der Waals surface area contributed by atoms with Crippen molar-refractivity contribution in [3.63, 3.8) is 0 Å². The predicted octanol–water partition coefficient (Wildman–Crippen LogP) is 1.96. The van der Waals surface area contributed by atoms with Gasteiger partial charge in [0.05, 0.1) is 24.6 Å². The molecule has 4 aromatic rings. The summed E-state index contributed by atoms with van der Waals surface area (Å²) in [5.74, 6) is -0.543. The number of nitrogens with zero attached hydrogens (tertiary/aromatic N) is 4. The lowest BCUT2D eigenvalue weighted by molar-refractivity contribution is 0.0594. The SMILES string of the molecule is COC(=O)c1cc(-n2cc(-c3cc4ccccc4[nH]c3=O)nn2)ccn1. The molecule has 26 heavy (non-hydrogen) atoms. The number of methoxy groups -OCH3 is 1. The van der Waals surface area contributed by atoms with Crippen LogP contribution in [0.15, 0.2) is 59.7 Å². The van der Waals surface area contributed by atoms with E-state index in [-0.39, 0.29) is 11.3 Å². The highest BCUT2D eigenvalue weighted by Crippen LogP contribution is 2.18. The van der Waals surface area contributed by atoms with E-state index < -0.39 is 5.97 Å². The van der Waals surface area contributed by atoms with Crippen molar-refractivity contribution >= 4 is 16.9 Å². The summed E-state index contributed by atoms with van der Waals surface area (Å²) in [5.41, 5.74) is 2.08. The van der Waals surface area contributed by atoms with Crippen LogP contribution in [0.2, 0.25) is 0 Å². The van der Waals surface area contributed by atoms with Gasteiger partial charge in [-0.15, -0.1) is 5.10 Å². The second kappa shape index (κ2) is 6.25. The molecule has 0 aliphatic heterocycles. The number of rotatable bonds is 3. The Kier molecular flexibility index (Phi) is 3.77. The van der Waals surface area contributed by atoms with Gasteiger partial charge in [0.1, 0.15) is 11.4 Å². The minimum absolute atomic E-state index is 0.158. The van der Waals surface area contributed by atoms with E-state index in [4.69, 9.17) is 0 Å². The van der Waals surface area contributed by atoms with Crippen LogP contribution < -0.4 is 5.56 Å². The van der Waals surface area contributed by atoms with Gasteiger partial charge in [0.25, 0.3) is 5.56 Å². The van der Waals surface area contributed by atoms with E-state index in [1.165, 1.54) is 24.1 Å². The van der Waals surface area contributed by atoms with Crippen LogP contribution in [0.1, 0.15) is 10.5 Å². The number of pyridine rings is 2. The molecule has 3 aromatic heterocycles. The van der Waals surface area contributed by atoms with Crippen molar-refractivity contribution in [2.75, 3.05) is 7.11 Å². The van der Waals surface area contributed by atoms with Crippen LogP contribution in [0.25, 0.3) is 27.8 Å². The van der Waals surface area contributed by atoms with Crippen molar-refractivity contribution in [1.29, 1.82) is 0 Å². The first kappa shape index (κ1) is 15.7. The monoisotopic (exact) mass is 347 g/mol. The van der Waals surface area contributed by atoms with Crippen LogP contribution in [0, 0.1) is 0 Å². The maximum atomic E-state index is 12.4. The summed E-state index contributed by atoms with van der Waals surface area (Å²) in [6.45, 7) is 0. The molecule has 1 N–H and O–H groups in total. The van der Waals surface area contributed by atoms with Crippen LogP contribution in [0.4, 0.5) is 0 Å². The number of H-pyrrole nitrogens is 1. The van der Waals surface area contributed by atoms with Gasteiger partial charge in [0, 0.05) is 11.7 Å². The Morgan fingerprint density at radius 2 is 2.04 bits per heavy atom. The number of para-hydroxylation sites is 1. The van der Waals surface area contributed by atoms with Gasteiger partial charge in [-0.3, -0.25) is 4.79 Å². The molecule has 0 aliphatic rings. The lowest BCUT2D eigenvalue weighted by Gasteiger charge is -2.02. The van der Waals surface area contributed by atoms with Gasteiger partial charge in [0.15, 0.2) is 0 Å². The molecule has 0 unspecified atom stereocenters. The molecular weight excluding hydrogens is 334 g/mol. The number of hydrogen-bond acceptors (Lipinski definition) is 6. The van der Waals surface area contributed by atoms with E-state index >= 15 is 0 Å². The summed E-state index contributed by atoms with van der Waals surface area (Å²) in [5, 5.41) is 9.02. The summed E-state index contributed by atoms with van der Waals surface area (Å²) in [6.07, 6.45) is 3.10. The van der Waals surface area contributed by atoms with E-state index in [1.54, 1.807) is 18.3 Å². The van der Waals surface area contributed by atoms with Gasteiger partial charge >= 0.3 is 5.97 Å². The second-order valence-corrected chi connectivity index (χ2v) is 5.54. The van der Waals surface area contributed by atoms with Gasteiger partial charge < -0.3 is 9.72 Å². The molecule has 0 atom stereocenters. The van der Waals surface area contributed by atoms with Crippen molar-refractivity contribution in [2.45, 2.75) is 0 Å². The molecule has 0 aliphatic carbocycles. The van der Waals surface area contributed by atoms with E-state index in [0.717, 1.165) is 10.9 Å². The van der Waals surface area contributed by atoms with E-state index in [0.29, 0.717) is 16.9 Å². The lowest BCUT2D eigenvalue weighted by Crippen LogP contribution is -2.08. The highest BCUT2D eigenvalue weighted by atomic mass is 16.5. The first-order valence-corrected chi connectivity index (χ1v) is 7.75. The summed E-state index contributed by atoms with van der Waals surface area (Å²) in [7, 11) is 1.29. The quantitative estimate of drug-likeness (QED) is 0.568. The standard InChI is InChI=1S/C18H13N5O3/c1-26-18(25)15-9-12(6-7-19-15)23-10-16(21-22-23)13-8-11-4-2-3-5-14(11)20-17(13)24/h2-10H,1H3,(H,20,24). The Morgan fingerprint density at radius 3 is 2.88 bits per heavy atom. The molecule has 3 heterocycles. The van der Waals surface area contributed by atoms with Gasteiger partial charge in [-0.2, -0.15) is 0 Å². The van der Waals surface area contributed by atoms with Crippen molar-refractivity contribution in [3.8, 4) is 16.9 Å². The Hall–Kier alpha value is -3.81. The Bertz CT molecular complexity index is 1180. The smallest absolute Gasteiger partial charge is 0.356 e. The third-order valence-electron chi connectivity index (χ3n) is 3.93. The van der Waals surface area contributed by atoms with Gasteiger partial charge in [-0.25, -0.2) is 14.5 Å². The summed E-state index contributed by atoms with van der Waals surface area (Å²) >= 11 is 0. The minimum Gasteiger partial charge on any atom is -0.464 e. The third-order valence-corrected chi connectivity index (χ3v) is 3.93. The molecule has 0 fully saturated rings. The Morgan fingerprint density at radius 1 is 1.19 bits per heavy atom. The number of benzene rings is 1. The first-order chi connectivity index (χ1) is 12.7. The van der Waals surface area contributed by atoms with Crippen LogP contribution in [-0.4, -0.2) is 38.0 Å². The molecule has 128 valence electrons. The number of nitrogens with one attached hydrogen (secondary N) is 1. The fourth-order valence-electron chi connectivity index (χ4n) is 2.63. The van der Waals surface area contributed by atoms with E-state index in [9.17, 15) is 9.59 Å². The van der Waals surface area contributed by atoms with Gasteiger partial charge in [-0.05, 0) is 29.7 Å².